The number of aliphatic imine (C=N–C) groups is 1. The van der Waals surface area contributed by atoms with Crippen LogP contribution < -0.4 is 9.47 Å². The summed E-state index contributed by atoms with van der Waals surface area (Å²) >= 11 is 0. The van der Waals surface area contributed by atoms with Gasteiger partial charge in [0.25, 0.3) is 5.69 Å². The van der Waals surface area contributed by atoms with Crippen LogP contribution in [0.1, 0.15) is 37.8 Å². The van der Waals surface area contributed by atoms with Gasteiger partial charge in [0.1, 0.15) is 0 Å². The van der Waals surface area contributed by atoms with E-state index >= 15 is 0 Å². The van der Waals surface area contributed by atoms with Crippen molar-refractivity contribution in [3.05, 3.63) is 69.4 Å². The molecule has 160 valence electrons. The first-order valence-electron chi connectivity index (χ1n) is 9.66. The van der Waals surface area contributed by atoms with Crippen molar-refractivity contribution in [2.45, 2.75) is 26.7 Å². The molecule has 0 aliphatic carbocycles. The average Bonchev–Trinajstić information content (AvgIpc) is 3.10. The van der Waals surface area contributed by atoms with Gasteiger partial charge in [-0.1, -0.05) is 13.0 Å². The van der Waals surface area contributed by atoms with Crippen LogP contribution in [0.15, 0.2) is 53.2 Å². The second-order valence-electron chi connectivity index (χ2n) is 6.50. The summed E-state index contributed by atoms with van der Waals surface area (Å²) in [5, 5.41) is 10.8. The van der Waals surface area contributed by atoms with E-state index in [9.17, 15) is 19.7 Å². The Balaban J connectivity index is 1.85. The van der Waals surface area contributed by atoms with Gasteiger partial charge < -0.3 is 14.2 Å². The molecule has 0 amide bonds. The minimum absolute atomic E-state index is 0.0568. The van der Waals surface area contributed by atoms with Crippen LogP contribution in [-0.2, 0) is 14.3 Å². The smallest absolute Gasteiger partial charge is 0.363 e. The molecule has 3 rings (SSSR count). The molecular formula is C22H20N2O7. The third-order valence-electron chi connectivity index (χ3n) is 4.19. The number of hydrogen-bond acceptors (Lipinski definition) is 8. The van der Waals surface area contributed by atoms with E-state index in [1.807, 2.05) is 6.92 Å². The van der Waals surface area contributed by atoms with E-state index in [1.54, 1.807) is 25.1 Å². The van der Waals surface area contributed by atoms with Crippen LogP contribution in [0.3, 0.4) is 0 Å². The largest absolute Gasteiger partial charge is 0.490 e. The van der Waals surface area contributed by atoms with Crippen LogP contribution in [0, 0.1) is 10.1 Å². The van der Waals surface area contributed by atoms with Crippen molar-refractivity contribution >= 4 is 29.6 Å². The fraction of sp³-hybridized carbons (Fsp3) is 0.227. The van der Waals surface area contributed by atoms with Crippen molar-refractivity contribution in [1.82, 2.24) is 0 Å². The van der Waals surface area contributed by atoms with Crippen LogP contribution in [0.5, 0.6) is 11.5 Å². The quantitative estimate of drug-likeness (QED) is 0.206. The highest BCUT2D eigenvalue weighted by Gasteiger charge is 2.25. The molecule has 0 N–H and O–H groups in total. The van der Waals surface area contributed by atoms with E-state index in [0.717, 1.165) is 0 Å². The lowest BCUT2D eigenvalue weighted by Crippen LogP contribution is -2.08. The van der Waals surface area contributed by atoms with E-state index < -0.39 is 10.9 Å². The second kappa shape index (κ2) is 9.66. The minimum atomic E-state index is -0.648. The maximum atomic E-state index is 12.2. The van der Waals surface area contributed by atoms with Gasteiger partial charge in [-0.25, -0.2) is 9.79 Å². The SMILES string of the molecule is CCCC(=O)Oc1ccc(/C=C2\N=C(c3ccc([N+](=O)[O-])cc3)OC2=O)cc1OCC. The summed E-state index contributed by atoms with van der Waals surface area (Å²) < 4.78 is 16.1. The average molecular weight is 424 g/mol. The molecule has 0 fully saturated rings. The number of esters is 2. The summed E-state index contributed by atoms with van der Waals surface area (Å²) in [4.78, 5) is 38.5. The highest BCUT2D eigenvalue weighted by atomic mass is 16.6. The van der Waals surface area contributed by atoms with Gasteiger partial charge >= 0.3 is 11.9 Å². The summed E-state index contributed by atoms with van der Waals surface area (Å²) in [5.41, 5.74) is 1.02. The van der Waals surface area contributed by atoms with Crippen LogP contribution in [0.25, 0.3) is 6.08 Å². The highest BCUT2D eigenvalue weighted by molar-refractivity contribution is 6.12. The van der Waals surface area contributed by atoms with Crippen molar-refractivity contribution in [2.75, 3.05) is 6.61 Å². The highest BCUT2D eigenvalue weighted by Crippen LogP contribution is 2.30. The molecule has 9 nitrogen and oxygen atoms in total. The number of carbonyl (C=O) groups excluding carboxylic acids is 2. The van der Waals surface area contributed by atoms with Crippen LogP contribution in [-0.4, -0.2) is 29.4 Å². The Morgan fingerprint density at radius 1 is 1.16 bits per heavy atom. The Labute approximate surface area is 178 Å². The van der Waals surface area contributed by atoms with Gasteiger partial charge in [0.15, 0.2) is 17.2 Å². The lowest BCUT2D eigenvalue weighted by Gasteiger charge is -2.11. The molecule has 0 unspecified atom stereocenters. The molecule has 2 aromatic rings. The number of cyclic esters (lactones) is 1. The zero-order valence-corrected chi connectivity index (χ0v) is 17.0. The van der Waals surface area contributed by atoms with E-state index in [1.165, 1.54) is 30.3 Å². The predicted molar refractivity (Wildman–Crippen MR) is 112 cm³/mol. The maximum absolute atomic E-state index is 12.2. The van der Waals surface area contributed by atoms with E-state index in [4.69, 9.17) is 14.2 Å². The topological polar surface area (TPSA) is 117 Å². The first-order chi connectivity index (χ1) is 14.9. The third kappa shape index (κ3) is 5.33. The molecule has 0 spiro atoms. The van der Waals surface area contributed by atoms with Gasteiger partial charge in [0.05, 0.1) is 11.5 Å². The van der Waals surface area contributed by atoms with Crippen LogP contribution in [0.4, 0.5) is 5.69 Å². The van der Waals surface area contributed by atoms with Crippen LogP contribution in [0.2, 0.25) is 0 Å². The molecule has 2 aromatic carbocycles. The Morgan fingerprint density at radius 2 is 1.90 bits per heavy atom. The lowest BCUT2D eigenvalue weighted by molar-refractivity contribution is -0.384. The van der Waals surface area contributed by atoms with Crippen LogP contribution >= 0.6 is 0 Å². The number of nitro benzene ring substituents is 1. The van der Waals surface area contributed by atoms with Gasteiger partial charge in [-0.2, -0.15) is 0 Å². The molecule has 1 aliphatic heterocycles. The van der Waals surface area contributed by atoms with Gasteiger partial charge in [0.2, 0.25) is 5.90 Å². The molecule has 0 bridgehead atoms. The fourth-order valence-electron chi connectivity index (χ4n) is 2.76. The van der Waals surface area contributed by atoms with Crippen molar-refractivity contribution < 1.29 is 28.7 Å². The number of benzene rings is 2. The van der Waals surface area contributed by atoms with Crippen molar-refractivity contribution in [2.24, 2.45) is 4.99 Å². The first-order valence-corrected chi connectivity index (χ1v) is 9.66. The summed E-state index contributed by atoms with van der Waals surface area (Å²) in [5.74, 6) is -0.281. The fourth-order valence-corrected chi connectivity index (χ4v) is 2.76. The number of ether oxygens (including phenoxy) is 3. The molecule has 0 aromatic heterocycles. The van der Waals surface area contributed by atoms with Gasteiger partial charge in [0, 0.05) is 24.1 Å². The first kappa shape index (κ1) is 21.7. The Kier molecular flexibility index (Phi) is 6.76. The van der Waals surface area contributed by atoms with Gasteiger partial charge in [-0.15, -0.1) is 0 Å². The zero-order chi connectivity index (χ0) is 22.4. The third-order valence-corrected chi connectivity index (χ3v) is 4.19. The molecule has 1 aliphatic rings. The molecule has 0 saturated carbocycles. The summed E-state index contributed by atoms with van der Waals surface area (Å²) in [6.07, 6.45) is 2.48. The van der Waals surface area contributed by atoms with E-state index in [2.05, 4.69) is 4.99 Å². The standard InChI is InChI=1S/C22H20N2O7/c1-3-5-20(25)30-18-11-6-14(13-19(18)29-4-2)12-17-22(26)31-21(23-17)15-7-9-16(10-8-15)24(27)28/h6-13H,3-5H2,1-2H3/b17-12-. The Hall–Kier alpha value is -4.01. The molecule has 0 radical (unpaired) electrons. The van der Waals surface area contributed by atoms with Crippen molar-refractivity contribution in [3.8, 4) is 11.5 Å². The number of hydrogen-bond donors (Lipinski definition) is 0. The Morgan fingerprint density at radius 3 is 2.55 bits per heavy atom. The molecule has 0 saturated heterocycles. The molecule has 0 atom stereocenters. The summed E-state index contributed by atoms with van der Waals surface area (Å²) in [6, 6.07) is 10.4. The lowest BCUT2D eigenvalue weighted by atomic mass is 10.1. The second-order valence-corrected chi connectivity index (χ2v) is 6.50. The predicted octanol–water partition coefficient (Wildman–Crippen LogP) is 4.04. The summed E-state index contributed by atoms with van der Waals surface area (Å²) in [6.45, 7) is 4.05. The molecule has 1 heterocycles. The monoisotopic (exact) mass is 424 g/mol. The number of nitro groups is 1. The van der Waals surface area contributed by atoms with E-state index in [0.29, 0.717) is 42.1 Å². The van der Waals surface area contributed by atoms with Gasteiger partial charge in [-0.3, -0.25) is 14.9 Å². The molecular weight excluding hydrogens is 404 g/mol. The zero-order valence-electron chi connectivity index (χ0n) is 17.0. The van der Waals surface area contributed by atoms with Crippen molar-refractivity contribution in [1.29, 1.82) is 0 Å². The van der Waals surface area contributed by atoms with Crippen molar-refractivity contribution in [3.63, 3.8) is 0 Å². The minimum Gasteiger partial charge on any atom is -0.490 e. The molecule has 9 heteroatoms. The number of carbonyl (C=O) groups is 2. The van der Waals surface area contributed by atoms with E-state index in [-0.39, 0.29) is 23.3 Å². The van der Waals surface area contributed by atoms with Gasteiger partial charge in [-0.05, 0) is 49.2 Å². The maximum Gasteiger partial charge on any atom is 0.363 e. The Bertz CT molecular complexity index is 1070. The normalized spacial score (nSPS) is 14.2. The summed E-state index contributed by atoms with van der Waals surface area (Å²) in [7, 11) is 0. The number of nitrogens with zero attached hydrogens (tertiary/aromatic N) is 2. The number of rotatable bonds is 8. The molecule has 31 heavy (non-hydrogen) atoms. The number of non-ortho nitro benzene ring substituents is 1.